The molecule has 1 N–H and O–H groups in total. The second-order valence-electron chi connectivity index (χ2n) is 3.26. The first-order valence-electron chi connectivity index (χ1n) is 4.74. The molecule has 0 aliphatic heterocycles. The number of nitrogens with zero attached hydrogens (tertiary/aromatic N) is 2. The predicted molar refractivity (Wildman–Crippen MR) is 62.1 cm³/mol. The first kappa shape index (κ1) is 11.5. The van der Waals surface area contributed by atoms with Gasteiger partial charge in [-0.1, -0.05) is 11.6 Å². The van der Waals surface area contributed by atoms with Gasteiger partial charge in [0.05, 0.1) is 17.7 Å². The van der Waals surface area contributed by atoms with E-state index in [-0.39, 0.29) is 10.6 Å². The molecule has 0 spiro atoms. The molecule has 0 amide bonds. The van der Waals surface area contributed by atoms with Crippen LogP contribution in [0.2, 0.25) is 5.02 Å². The second kappa shape index (κ2) is 4.47. The van der Waals surface area contributed by atoms with Gasteiger partial charge < -0.3 is 9.84 Å². The average Bonchev–Trinajstić information content (AvgIpc) is 2.81. The summed E-state index contributed by atoms with van der Waals surface area (Å²) in [6.45, 7) is 0. The van der Waals surface area contributed by atoms with Crippen molar-refractivity contribution >= 4 is 17.6 Å². The Morgan fingerprint density at radius 2 is 2.29 bits per heavy atom. The van der Waals surface area contributed by atoms with Gasteiger partial charge in [-0.15, -0.1) is 0 Å². The van der Waals surface area contributed by atoms with Crippen molar-refractivity contribution in [2.24, 2.45) is 0 Å². The van der Waals surface area contributed by atoms with E-state index in [1.165, 1.54) is 23.9 Å². The van der Waals surface area contributed by atoms with Crippen molar-refractivity contribution in [3.05, 3.63) is 41.2 Å². The Hall–Kier alpha value is -2.01. The standard InChI is InChI=1S/C11H9ClN2O3/c1-17-10-6-8(12)7(11(15)16)5-9(10)14-4-2-3-13-14/h2-6H,1H3,(H,15,16). The van der Waals surface area contributed by atoms with Gasteiger partial charge >= 0.3 is 5.97 Å². The Labute approximate surface area is 102 Å². The van der Waals surface area contributed by atoms with Gasteiger partial charge in [-0.05, 0) is 12.1 Å². The van der Waals surface area contributed by atoms with Crippen molar-refractivity contribution in [1.82, 2.24) is 9.78 Å². The summed E-state index contributed by atoms with van der Waals surface area (Å²) < 4.78 is 6.66. The molecule has 0 saturated heterocycles. The number of aromatic carboxylic acids is 1. The molecule has 1 aromatic heterocycles. The van der Waals surface area contributed by atoms with Crippen LogP contribution in [0.4, 0.5) is 0 Å². The largest absolute Gasteiger partial charge is 0.494 e. The van der Waals surface area contributed by atoms with E-state index in [9.17, 15) is 4.79 Å². The minimum Gasteiger partial charge on any atom is -0.494 e. The lowest BCUT2D eigenvalue weighted by molar-refractivity contribution is 0.0697. The third kappa shape index (κ3) is 2.09. The molecule has 2 rings (SSSR count). The average molecular weight is 253 g/mol. The van der Waals surface area contributed by atoms with Gasteiger partial charge in [0.25, 0.3) is 0 Å². The summed E-state index contributed by atoms with van der Waals surface area (Å²) in [5.41, 5.74) is 0.539. The number of hydrogen-bond acceptors (Lipinski definition) is 3. The van der Waals surface area contributed by atoms with E-state index in [0.717, 1.165) is 0 Å². The van der Waals surface area contributed by atoms with E-state index in [4.69, 9.17) is 21.4 Å². The number of hydrogen-bond donors (Lipinski definition) is 1. The van der Waals surface area contributed by atoms with Crippen LogP contribution in [0.5, 0.6) is 5.75 Å². The summed E-state index contributed by atoms with van der Waals surface area (Å²) in [6.07, 6.45) is 3.28. The Kier molecular flexibility index (Phi) is 3.01. The second-order valence-corrected chi connectivity index (χ2v) is 3.67. The van der Waals surface area contributed by atoms with E-state index in [1.807, 2.05) is 0 Å². The maximum atomic E-state index is 11.0. The Bertz CT molecular complexity index is 552. The molecule has 17 heavy (non-hydrogen) atoms. The number of carboxylic acid groups (broad SMARTS) is 1. The molecule has 0 radical (unpaired) electrons. The number of ether oxygens (including phenoxy) is 1. The maximum absolute atomic E-state index is 11.0. The molecule has 0 aliphatic carbocycles. The van der Waals surface area contributed by atoms with Gasteiger partial charge in [-0.2, -0.15) is 5.10 Å². The Morgan fingerprint density at radius 1 is 1.53 bits per heavy atom. The fraction of sp³-hybridized carbons (Fsp3) is 0.0909. The zero-order valence-electron chi connectivity index (χ0n) is 8.92. The number of rotatable bonds is 3. The molecule has 5 nitrogen and oxygen atoms in total. The molecule has 1 heterocycles. The molecule has 88 valence electrons. The highest BCUT2D eigenvalue weighted by Gasteiger charge is 2.15. The Morgan fingerprint density at radius 3 is 2.82 bits per heavy atom. The minimum absolute atomic E-state index is 0.0120. The summed E-state index contributed by atoms with van der Waals surface area (Å²) in [5.74, 6) is -0.630. The fourth-order valence-corrected chi connectivity index (χ4v) is 1.70. The highest BCUT2D eigenvalue weighted by molar-refractivity contribution is 6.33. The lowest BCUT2D eigenvalue weighted by Gasteiger charge is -2.10. The maximum Gasteiger partial charge on any atom is 0.337 e. The highest BCUT2D eigenvalue weighted by Crippen LogP contribution is 2.29. The molecule has 6 heteroatoms. The van der Waals surface area contributed by atoms with Crippen LogP contribution < -0.4 is 4.74 Å². The Balaban J connectivity index is 2.64. The van der Waals surface area contributed by atoms with Crippen molar-refractivity contribution in [3.8, 4) is 11.4 Å². The molecular weight excluding hydrogens is 244 g/mol. The summed E-state index contributed by atoms with van der Waals surface area (Å²) in [5, 5.41) is 13.2. The van der Waals surface area contributed by atoms with E-state index < -0.39 is 5.97 Å². The molecular formula is C11H9ClN2O3. The lowest BCUT2D eigenvalue weighted by atomic mass is 10.2. The van der Waals surface area contributed by atoms with Crippen LogP contribution in [-0.2, 0) is 0 Å². The molecule has 0 unspecified atom stereocenters. The van der Waals surface area contributed by atoms with E-state index in [0.29, 0.717) is 11.4 Å². The fourth-order valence-electron chi connectivity index (χ4n) is 1.46. The zero-order chi connectivity index (χ0) is 12.4. The van der Waals surface area contributed by atoms with Crippen molar-refractivity contribution in [2.45, 2.75) is 0 Å². The van der Waals surface area contributed by atoms with Gasteiger partial charge in [0.2, 0.25) is 0 Å². The van der Waals surface area contributed by atoms with Crippen LogP contribution >= 0.6 is 11.6 Å². The van der Waals surface area contributed by atoms with Crippen LogP contribution in [-0.4, -0.2) is 28.0 Å². The molecule has 0 atom stereocenters. The van der Waals surface area contributed by atoms with E-state index in [2.05, 4.69) is 5.10 Å². The number of aromatic nitrogens is 2. The summed E-state index contributed by atoms with van der Waals surface area (Å²) >= 11 is 5.85. The number of carbonyl (C=O) groups is 1. The monoisotopic (exact) mass is 252 g/mol. The number of carboxylic acids is 1. The van der Waals surface area contributed by atoms with Crippen molar-refractivity contribution in [1.29, 1.82) is 0 Å². The normalized spacial score (nSPS) is 10.2. The van der Waals surface area contributed by atoms with Gasteiger partial charge in [-0.25, -0.2) is 9.48 Å². The molecule has 2 aromatic rings. The van der Waals surface area contributed by atoms with Crippen LogP contribution in [0.1, 0.15) is 10.4 Å². The van der Waals surface area contributed by atoms with Gasteiger partial charge in [0.1, 0.15) is 11.4 Å². The number of benzene rings is 1. The highest BCUT2D eigenvalue weighted by atomic mass is 35.5. The van der Waals surface area contributed by atoms with Gasteiger partial charge in [-0.3, -0.25) is 0 Å². The predicted octanol–water partition coefficient (Wildman–Crippen LogP) is 2.23. The van der Waals surface area contributed by atoms with Gasteiger partial charge in [0, 0.05) is 18.5 Å². The summed E-state index contributed by atoms with van der Waals surface area (Å²) in [4.78, 5) is 11.0. The van der Waals surface area contributed by atoms with Crippen molar-refractivity contribution in [2.75, 3.05) is 7.11 Å². The topological polar surface area (TPSA) is 64.3 Å². The molecule has 1 aromatic carbocycles. The first-order chi connectivity index (χ1) is 8.13. The molecule has 0 fully saturated rings. The zero-order valence-corrected chi connectivity index (χ0v) is 9.68. The third-order valence-electron chi connectivity index (χ3n) is 2.25. The molecule has 0 bridgehead atoms. The van der Waals surface area contributed by atoms with E-state index in [1.54, 1.807) is 18.5 Å². The minimum atomic E-state index is -1.09. The summed E-state index contributed by atoms with van der Waals surface area (Å²) in [6, 6.07) is 4.62. The van der Waals surface area contributed by atoms with Crippen LogP contribution in [0.25, 0.3) is 5.69 Å². The SMILES string of the molecule is COc1cc(Cl)c(C(=O)O)cc1-n1cccn1. The van der Waals surface area contributed by atoms with Crippen molar-refractivity contribution in [3.63, 3.8) is 0 Å². The van der Waals surface area contributed by atoms with Crippen molar-refractivity contribution < 1.29 is 14.6 Å². The van der Waals surface area contributed by atoms with Crippen LogP contribution in [0.3, 0.4) is 0 Å². The van der Waals surface area contributed by atoms with E-state index >= 15 is 0 Å². The summed E-state index contributed by atoms with van der Waals surface area (Å²) in [7, 11) is 1.49. The quantitative estimate of drug-likeness (QED) is 0.910. The third-order valence-corrected chi connectivity index (χ3v) is 2.56. The van der Waals surface area contributed by atoms with Crippen LogP contribution in [0, 0.1) is 0 Å². The number of halogens is 1. The van der Waals surface area contributed by atoms with Crippen LogP contribution in [0.15, 0.2) is 30.6 Å². The van der Waals surface area contributed by atoms with Gasteiger partial charge in [0.15, 0.2) is 0 Å². The number of methoxy groups -OCH3 is 1. The lowest BCUT2D eigenvalue weighted by Crippen LogP contribution is -2.04. The smallest absolute Gasteiger partial charge is 0.337 e. The molecule has 0 aliphatic rings. The first-order valence-corrected chi connectivity index (χ1v) is 5.12. The molecule has 0 saturated carbocycles.